The lowest BCUT2D eigenvalue weighted by atomic mass is 10.00. The largest absolute Gasteiger partial charge is 0.309 e. The Morgan fingerprint density at radius 2 is 1.02 bits per heavy atom. The fourth-order valence-corrected chi connectivity index (χ4v) is 8.88. The van der Waals surface area contributed by atoms with Crippen molar-refractivity contribution in [1.82, 2.24) is 19.1 Å². The zero-order chi connectivity index (χ0) is 35.3. The predicted molar refractivity (Wildman–Crippen MR) is 226 cm³/mol. The molecule has 0 spiro atoms. The summed E-state index contributed by atoms with van der Waals surface area (Å²) in [5, 5.41) is 8.41. The molecule has 12 rings (SSSR count). The number of fused-ring (bicyclic) bond motifs is 4. The van der Waals surface area contributed by atoms with E-state index < -0.39 is 0 Å². The third-order valence-corrected chi connectivity index (χ3v) is 11.3. The molecule has 4 heteroatoms. The predicted octanol–water partition coefficient (Wildman–Crippen LogP) is 12.8. The molecule has 4 nitrogen and oxygen atoms in total. The number of nitrogens with zero attached hydrogens (tertiary/aromatic N) is 4. The van der Waals surface area contributed by atoms with Crippen LogP contribution in [0.25, 0.3) is 111 Å². The topological polar surface area (TPSA) is 35.6 Å². The van der Waals surface area contributed by atoms with Gasteiger partial charge in [-0.15, -0.1) is 0 Å². The second-order valence-corrected chi connectivity index (χ2v) is 14.2. The van der Waals surface area contributed by atoms with Gasteiger partial charge in [0.2, 0.25) is 5.95 Å². The number of benzene rings is 8. The van der Waals surface area contributed by atoms with Crippen LogP contribution in [0.5, 0.6) is 0 Å². The molecule has 11 aromatic rings. The van der Waals surface area contributed by atoms with Crippen LogP contribution in [-0.2, 0) is 0 Å². The lowest BCUT2D eigenvalue weighted by Gasteiger charge is -2.13. The SMILES string of the molecule is C1=Cc2cccc3c2c2c4c1cccc4ccc2n3-c1nc(-c2ccc3c(c2)c2cc(-c4ccccc4)ccc2n3-c2ccccc2)c2ccccc2n1. The van der Waals surface area contributed by atoms with Gasteiger partial charge >= 0.3 is 0 Å². The highest BCUT2D eigenvalue weighted by molar-refractivity contribution is 6.26. The maximum absolute atomic E-state index is 5.51. The van der Waals surface area contributed by atoms with E-state index in [-0.39, 0.29) is 0 Å². The molecule has 0 unspecified atom stereocenters. The van der Waals surface area contributed by atoms with Crippen molar-refractivity contribution in [2.24, 2.45) is 0 Å². The van der Waals surface area contributed by atoms with Crippen LogP contribution in [0.1, 0.15) is 11.1 Å². The number of aromatic nitrogens is 4. The summed E-state index contributed by atoms with van der Waals surface area (Å²) in [6.45, 7) is 0. The van der Waals surface area contributed by atoms with E-state index in [9.17, 15) is 0 Å². The van der Waals surface area contributed by atoms with Gasteiger partial charge in [0.1, 0.15) is 0 Å². The van der Waals surface area contributed by atoms with Gasteiger partial charge in [-0.3, -0.25) is 4.57 Å². The Labute approximate surface area is 310 Å². The summed E-state index contributed by atoms with van der Waals surface area (Å²) in [5.74, 6) is 0.667. The molecule has 0 saturated heterocycles. The van der Waals surface area contributed by atoms with Crippen LogP contribution in [0.3, 0.4) is 0 Å². The molecule has 8 aromatic carbocycles. The third-order valence-electron chi connectivity index (χ3n) is 11.3. The van der Waals surface area contributed by atoms with Gasteiger partial charge in [0, 0.05) is 38.2 Å². The van der Waals surface area contributed by atoms with Crippen molar-refractivity contribution < 1.29 is 0 Å². The summed E-state index contributed by atoms with van der Waals surface area (Å²) in [7, 11) is 0. The minimum atomic E-state index is 0.667. The van der Waals surface area contributed by atoms with Crippen LogP contribution in [0, 0.1) is 0 Å². The Morgan fingerprint density at radius 3 is 1.83 bits per heavy atom. The second-order valence-electron chi connectivity index (χ2n) is 14.2. The molecule has 0 amide bonds. The van der Waals surface area contributed by atoms with E-state index >= 15 is 0 Å². The molecule has 0 saturated carbocycles. The van der Waals surface area contributed by atoms with Crippen LogP contribution in [0.2, 0.25) is 0 Å². The highest BCUT2D eigenvalue weighted by atomic mass is 15.2. The lowest BCUT2D eigenvalue weighted by molar-refractivity contribution is 1.01. The molecule has 1 aliphatic rings. The van der Waals surface area contributed by atoms with Gasteiger partial charge < -0.3 is 4.57 Å². The van der Waals surface area contributed by atoms with Gasteiger partial charge in [-0.25, -0.2) is 9.97 Å². The second kappa shape index (κ2) is 11.1. The molecule has 0 aliphatic heterocycles. The summed E-state index contributed by atoms with van der Waals surface area (Å²) in [6, 6.07) is 60.9. The van der Waals surface area contributed by atoms with Crippen molar-refractivity contribution in [3.8, 4) is 34.0 Å². The first kappa shape index (κ1) is 29.3. The molecule has 0 bridgehead atoms. The maximum Gasteiger partial charge on any atom is 0.235 e. The summed E-state index contributed by atoms with van der Waals surface area (Å²) in [4.78, 5) is 10.8. The van der Waals surface area contributed by atoms with Crippen molar-refractivity contribution in [2.75, 3.05) is 0 Å². The molecule has 250 valence electrons. The highest BCUT2D eigenvalue weighted by Crippen LogP contribution is 2.43. The molecule has 0 N–H and O–H groups in total. The average Bonchev–Trinajstić information content (AvgIpc) is 3.69. The lowest BCUT2D eigenvalue weighted by Crippen LogP contribution is -2.03. The van der Waals surface area contributed by atoms with E-state index in [2.05, 4.69) is 191 Å². The van der Waals surface area contributed by atoms with Gasteiger partial charge in [0.15, 0.2) is 0 Å². The molecule has 0 fully saturated rings. The molecule has 0 atom stereocenters. The van der Waals surface area contributed by atoms with Gasteiger partial charge in [-0.05, 0) is 87.6 Å². The monoisotopic (exact) mass is 686 g/mol. The number of para-hydroxylation sites is 2. The van der Waals surface area contributed by atoms with E-state index in [1.807, 2.05) is 0 Å². The van der Waals surface area contributed by atoms with Crippen LogP contribution in [-0.4, -0.2) is 19.1 Å². The van der Waals surface area contributed by atoms with Crippen LogP contribution in [0.4, 0.5) is 0 Å². The van der Waals surface area contributed by atoms with E-state index in [1.54, 1.807) is 0 Å². The molecule has 1 aliphatic carbocycles. The van der Waals surface area contributed by atoms with Crippen molar-refractivity contribution in [2.45, 2.75) is 0 Å². The van der Waals surface area contributed by atoms with Crippen LogP contribution < -0.4 is 0 Å². The van der Waals surface area contributed by atoms with E-state index in [0.717, 1.165) is 44.4 Å². The first-order valence-corrected chi connectivity index (χ1v) is 18.4. The van der Waals surface area contributed by atoms with Crippen molar-refractivity contribution in [3.05, 3.63) is 181 Å². The third kappa shape index (κ3) is 4.13. The zero-order valence-electron chi connectivity index (χ0n) is 29.1. The minimum Gasteiger partial charge on any atom is -0.309 e. The van der Waals surface area contributed by atoms with E-state index in [1.165, 1.54) is 60.1 Å². The van der Waals surface area contributed by atoms with E-state index in [4.69, 9.17) is 9.97 Å². The summed E-state index contributed by atoms with van der Waals surface area (Å²) in [6.07, 6.45) is 4.50. The average molecular weight is 687 g/mol. The Bertz CT molecular complexity index is 3370. The highest BCUT2D eigenvalue weighted by Gasteiger charge is 2.23. The maximum atomic E-state index is 5.51. The van der Waals surface area contributed by atoms with Gasteiger partial charge in [-0.2, -0.15) is 0 Å². The van der Waals surface area contributed by atoms with Gasteiger partial charge in [0.05, 0.1) is 33.3 Å². The zero-order valence-corrected chi connectivity index (χ0v) is 29.1. The van der Waals surface area contributed by atoms with E-state index in [0.29, 0.717) is 5.95 Å². The van der Waals surface area contributed by atoms with Gasteiger partial charge in [0.25, 0.3) is 0 Å². The Kier molecular flexibility index (Phi) is 6.02. The number of rotatable bonds is 4. The summed E-state index contributed by atoms with van der Waals surface area (Å²) >= 11 is 0. The molecule has 3 aromatic heterocycles. The standard InChI is InChI=1S/C50H30N4/c1-3-11-31(12-4-1)35-24-26-42-39(29-35)40-30-36(25-27-43(40)53(42)37-16-5-2-6-17-37)49-38-18-7-8-19-41(38)51-50(52-49)54-44-20-10-15-34-22-21-32-13-9-14-33-23-28-45(54)48(46(32)33)47(34)44/h1-30H. The first-order valence-electron chi connectivity index (χ1n) is 18.4. The molecular formula is C50H30N4. The minimum absolute atomic E-state index is 0.667. The van der Waals surface area contributed by atoms with Crippen molar-refractivity contribution in [1.29, 1.82) is 0 Å². The number of hydrogen-bond donors (Lipinski definition) is 0. The summed E-state index contributed by atoms with van der Waals surface area (Å²) in [5.41, 5.74) is 13.4. The summed E-state index contributed by atoms with van der Waals surface area (Å²) < 4.78 is 4.64. The van der Waals surface area contributed by atoms with Crippen LogP contribution >= 0.6 is 0 Å². The quantitative estimate of drug-likeness (QED) is 0.185. The Morgan fingerprint density at radius 1 is 0.370 bits per heavy atom. The van der Waals surface area contributed by atoms with Crippen LogP contribution in [0.15, 0.2) is 170 Å². The molecule has 54 heavy (non-hydrogen) atoms. The fourth-order valence-electron chi connectivity index (χ4n) is 8.88. The first-order chi connectivity index (χ1) is 26.8. The normalized spacial score (nSPS) is 12.4. The molecular weight excluding hydrogens is 657 g/mol. The number of hydrogen-bond acceptors (Lipinski definition) is 2. The Hall–Kier alpha value is -7.30. The van der Waals surface area contributed by atoms with Crippen molar-refractivity contribution >= 4 is 77.4 Å². The van der Waals surface area contributed by atoms with Crippen molar-refractivity contribution in [3.63, 3.8) is 0 Å². The Balaban J connectivity index is 1.15. The molecule has 0 radical (unpaired) electrons. The molecule has 3 heterocycles. The fraction of sp³-hybridized carbons (Fsp3) is 0. The van der Waals surface area contributed by atoms with Gasteiger partial charge in [-0.1, -0.05) is 127 Å². The smallest absolute Gasteiger partial charge is 0.235 e.